The lowest BCUT2D eigenvalue weighted by Gasteiger charge is -2.38. The average Bonchev–Trinajstić information content (AvgIpc) is 2.86. The first-order chi connectivity index (χ1) is 13.5. The normalized spacial score (nSPS) is 28.1. The molecule has 0 saturated carbocycles. The van der Waals surface area contributed by atoms with Crippen molar-refractivity contribution in [3.05, 3.63) is 70.8 Å². The predicted octanol–water partition coefficient (Wildman–Crippen LogP) is 5.24. The van der Waals surface area contributed by atoms with E-state index in [1.165, 1.54) is 0 Å². The monoisotopic (exact) mass is 436 g/mol. The van der Waals surface area contributed by atoms with Crippen molar-refractivity contribution in [3.8, 4) is 0 Å². The molecule has 1 heterocycles. The van der Waals surface area contributed by atoms with Crippen LogP contribution in [0.4, 0.5) is 0 Å². The first kappa shape index (κ1) is 23.7. The molecule has 1 aromatic rings. The van der Waals surface area contributed by atoms with Crippen LogP contribution in [-0.4, -0.2) is 28.7 Å². The van der Waals surface area contributed by atoms with Crippen LogP contribution in [-0.2, 0) is 4.79 Å². The second-order valence-electron chi connectivity index (χ2n) is 8.84. The van der Waals surface area contributed by atoms with Crippen LogP contribution in [0, 0.1) is 5.41 Å². The molecular weight excluding hydrogens is 407 g/mol. The van der Waals surface area contributed by atoms with Crippen LogP contribution in [0.1, 0.15) is 45.1 Å². The quantitative estimate of drug-likeness (QED) is 0.510. The Morgan fingerprint density at radius 3 is 2.66 bits per heavy atom. The van der Waals surface area contributed by atoms with E-state index in [1.54, 1.807) is 30.4 Å². The molecule has 29 heavy (non-hydrogen) atoms. The molecular formula is C23H30Cl2N2O2. The highest BCUT2D eigenvalue weighted by Gasteiger charge is 2.55. The van der Waals surface area contributed by atoms with Crippen LogP contribution < -0.4 is 11.1 Å². The second kappa shape index (κ2) is 9.48. The zero-order valence-electron chi connectivity index (χ0n) is 17.2. The van der Waals surface area contributed by atoms with Gasteiger partial charge in [-0.3, -0.25) is 10.1 Å². The third-order valence-electron chi connectivity index (χ3n) is 5.26. The van der Waals surface area contributed by atoms with Gasteiger partial charge in [0, 0.05) is 27.6 Å². The molecule has 1 aliphatic heterocycles. The lowest BCUT2D eigenvalue weighted by atomic mass is 9.70. The van der Waals surface area contributed by atoms with Crippen molar-refractivity contribution in [2.45, 2.75) is 57.2 Å². The zero-order chi connectivity index (χ0) is 21.8. The van der Waals surface area contributed by atoms with Gasteiger partial charge in [0.1, 0.15) is 6.04 Å². The lowest BCUT2D eigenvalue weighted by Crippen LogP contribution is -2.54. The van der Waals surface area contributed by atoms with Crippen LogP contribution in [0.25, 0.3) is 0 Å². The Hall–Kier alpha value is -1.59. The summed E-state index contributed by atoms with van der Waals surface area (Å²) in [5, 5.41) is 14.3. The number of nitrogens with one attached hydrogen (secondary N) is 1. The number of nitrogens with two attached hydrogens (primary N) is 1. The SMILES string of the molecule is C=C/C=C(Cl)\C=C/C[C@@]1(N)[C@H](CC(C)(C)C)N[C@@H](C(=O)O)[C@@H]1c1cccc(Cl)c1. The predicted molar refractivity (Wildman–Crippen MR) is 121 cm³/mol. The number of carboxylic acids is 1. The molecule has 1 saturated heterocycles. The van der Waals surface area contributed by atoms with Gasteiger partial charge in [-0.05, 0) is 48.1 Å². The standard InChI is InChI=1S/C23H30Cl2N2O2/c1-5-8-16(24)11-7-12-23(26)18(14-22(2,3)4)27-20(21(28)29)19(23)15-9-6-10-17(25)13-15/h5-11,13,18-20,27H,1,12,14,26H2,2-4H3,(H,28,29)/b11-7-,16-8+/t18-,19-,20+,23+/m0/s1. The number of allylic oxidation sites excluding steroid dienone is 4. The van der Waals surface area contributed by atoms with Crippen LogP contribution >= 0.6 is 23.2 Å². The van der Waals surface area contributed by atoms with Gasteiger partial charge in [0.05, 0.1) is 0 Å². The first-order valence-corrected chi connectivity index (χ1v) is 10.4. The molecule has 0 spiro atoms. The van der Waals surface area contributed by atoms with Gasteiger partial charge in [-0.1, -0.05) is 74.8 Å². The van der Waals surface area contributed by atoms with Gasteiger partial charge in [-0.2, -0.15) is 0 Å². The summed E-state index contributed by atoms with van der Waals surface area (Å²) in [7, 11) is 0. The number of halogens is 2. The highest BCUT2D eigenvalue weighted by atomic mass is 35.5. The van der Waals surface area contributed by atoms with Crippen LogP contribution in [0.3, 0.4) is 0 Å². The van der Waals surface area contributed by atoms with Gasteiger partial charge in [0.25, 0.3) is 0 Å². The van der Waals surface area contributed by atoms with Crippen LogP contribution in [0.5, 0.6) is 0 Å². The van der Waals surface area contributed by atoms with Gasteiger partial charge in [-0.25, -0.2) is 0 Å². The maximum absolute atomic E-state index is 12.1. The topological polar surface area (TPSA) is 75.3 Å². The molecule has 4 atom stereocenters. The van der Waals surface area contributed by atoms with Gasteiger partial charge in [-0.15, -0.1) is 0 Å². The van der Waals surface area contributed by atoms with E-state index >= 15 is 0 Å². The molecule has 2 rings (SSSR count). The fourth-order valence-corrected chi connectivity index (χ4v) is 4.46. The molecule has 1 aromatic carbocycles. The Morgan fingerprint density at radius 2 is 2.10 bits per heavy atom. The van der Waals surface area contributed by atoms with Crippen molar-refractivity contribution in [1.29, 1.82) is 0 Å². The number of carboxylic acid groups (broad SMARTS) is 1. The smallest absolute Gasteiger partial charge is 0.321 e. The van der Waals surface area contributed by atoms with Crippen molar-refractivity contribution >= 4 is 29.2 Å². The Bertz CT molecular complexity index is 813. The molecule has 0 aromatic heterocycles. The first-order valence-electron chi connectivity index (χ1n) is 9.66. The number of rotatable bonds is 7. The fourth-order valence-electron chi connectivity index (χ4n) is 4.09. The minimum atomic E-state index is -0.922. The molecule has 4 N–H and O–H groups in total. The Kier molecular flexibility index (Phi) is 7.74. The van der Waals surface area contributed by atoms with E-state index < -0.39 is 23.5 Å². The summed E-state index contributed by atoms with van der Waals surface area (Å²) < 4.78 is 0. The number of carbonyl (C=O) groups is 1. The highest BCUT2D eigenvalue weighted by molar-refractivity contribution is 6.31. The lowest BCUT2D eigenvalue weighted by molar-refractivity contribution is -0.139. The molecule has 6 heteroatoms. The molecule has 0 unspecified atom stereocenters. The van der Waals surface area contributed by atoms with Gasteiger partial charge >= 0.3 is 5.97 Å². The number of hydrogen-bond acceptors (Lipinski definition) is 3. The summed E-state index contributed by atoms with van der Waals surface area (Å²) in [5.41, 5.74) is 6.98. The van der Waals surface area contributed by atoms with E-state index in [9.17, 15) is 9.90 Å². The largest absolute Gasteiger partial charge is 0.480 e. The van der Waals surface area contributed by atoms with Crippen LogP contribution in [0.15, 0.2) is 60.2 Å². The fraction of sp³-hybridized carbons (Fsp3) is 0.435. The summed E-state index contributed by atoms with van der Waals surface area (Å²) in [6.07, 6.45) is 8.17. The van der Waals surface area contributed by atoms with Crippen molar-refractivity contribution < 1.29 is 9.90 Å². The Labute approximate surface area is 183 Å². The highest BCUT2D eigenvalue weighted by Crippen LogP contribution is 2.44. The van der Waals surface area contributed by atoms with Crippen molar-refractivity contribution in [2.75, 3.05) is 0 Å². The molecule has 0 bridgehead atoms. The summed E-state index contributed by atoms with van der Waals surface area (Å²) in [6.45, 7) is 10.0. The van der Waals surface area contributed by atoms with Crippen molar-refractivity contribution in [2.24, 2.45) is 11.1 Å². The molecule has 1 aliphatic rings. The minimum absolute atomic E-state index is 0.0291. The number of aliphatic carboxylic acids is 1. The number of hydrogen-bond donors (Lipinski definition) is 3. The van der Waals surface area contributed by atoms with E-state index in [0.29, 0.717) is 16.5 Å². The zero-order valence-corrected chi connectivity index (χ0v) is 18.7. The van der Waals surface area contributed by atoms with Crippen molar-refractivity contribution in [3.63, 3.8) is 0 Å². The van der Waals surface area contributed by atoms with E-state index in [-0.39, 0.29) is 11.5 Å². The van der Waals surface area contributed by atoms with E-state index in [2.05, 4.69) is 32.7 Å². The third-order valence-corrected chi connectivity index (χ3v) is 5.74. The number of benzene rings is 1. The summed E-state index contributed by atoms with van der Waals surface area (Å²) in [5.74, 6) is -1.37. The molecule has 1 fully saturated rings. The maximum Gasteiger partial charge on any atom is 0.321 e. The summed E-state index contributed by atoms with van der Waals surface area (Å²) in [4.78, 5) is 12.1. The van der Waals surface area contributed by atoms with E-state index in [0.717, 1.165) is 12.0 Å². The summed E-state index contributed by atoms with van der Waals surface area (Å²) in [6, 6.07) is 6.29. The Balaban J connectivity index is 2.52. The third kappa shape index (κ3) is 5.95. The maximum atomic E-state index is 12.1. The van der Waals surface area contributed by atoms with E-state index in [4.69, 9.17) is 28.9 Å². The van der Waals surface area contributed by atoms with E-state index in [1.807, 2.05) is 18.2 Å². The van der Waals surface area contributed by atoms with Gasteiger partial charge in [0.15, 0.2) is 0 Å². The molecule has 4 nitrogen and oxygen atoms in total. The van der Waals surface area contributed by atoms with Gasteiger partial charge in [0.2, 0.25) is 0 Å². The molecule has 158 valence electrons. The molecule has 0 aliphatic carbocycles. The average molecular weight is 437 g/mol. The van der Waals surface area contributed by atoms with Crippen molar-refractivity contribution in [1.82, 2.24) is 5.32 Å². The molecule has 0 amide bonds. The Morgan fingerprint density at radius 1 is 1.41 bits per heavy atom. The summed E-state index contributed by atoms with van der Waals surface area (Å²) >= 11 is 12.4. The van der Waals surface area contributed by atoms with Crippen LogP contribution in [0.2, 0.25) is 5.02 Å². The minimum Gasteiger partial charge on any atom is -0.480 e. The second-order valence-corrected chi connectivity index (χ2v) is 9.71. The van der Waals surface area contributed by atoms with Gasteiger partial charge < -0.3 is 10.8 Å². The molecule has 0 radical (unpaired) electrons.